The standard InChI is InChI=1S/C17H26N2O/c1-13-4-3-5-15(10-13)12-19-17(20)11-14(2)16-6-8-18-9-7-16/h3-5,10,14,16,18H,6-9,11-12H2,1-2H3,(H,19,20). The van der Waals surface area contributed by atoms with Crippen LogP contribution in [-0.4, -0.2) is 19.0 Å². The predicted molar refractivity (Wildman–Crippen MR) is 82.4 cm³/mol. The average Bonchev–Trinajstić information content (AvgIpc) is 2.46. The fourth-order valence-corrected chi connectivity index (χ4v) is 2.97. The minimum absolute atomic E-state index is 0.178. The van der Waals surface area contributed by atoms with Crippen LogP contribution in [0.25, 0.3) is 0 Å². The second kappa shape index (κ2) is 7.44. The molecule has 1 unspecified atom stereocenters. The molecule has 1 fully saturated rings. The number of hydrogen-bond donors (Lipinski definition) is 2. The molecule has 0 saturated carbocycles. The maximum atomic E-state index is 12.0. The van der Waals surface area contributed by atoms with E-state index < -0.39 is 0 Å². The van der Waals surface area contributed by atoms with E-state index in [4.69, 9.17) is 0 Å². The number of piperidine rings is 1. The van der Waals surface area contributed by atoms with Crippen LogP contribution in [-0.2, 0) is 11.3 Å². The summed E-state index contributed by atoms with van der Waals surface area (Å²) in [7, 11) is 0. The maximum Gasteiger partial charge on any atom is 0.220 e. The van der Waals surface area contributed by atoms with Crippen LogP contribution in [0.15, 0.2) is 24.3 Å². The van der Waals surface area contributed by atoms with E-state index in [9.17, 15) is 4.79 Å². The molecule has 0 aliphatic carbocycles. The lowest BCUT2D eigenvalue weighted by Gasteiger charge is -2.27. The van der Waals surface area contributed by atoms with Crippen molar-refractivity contribution < 1.29 is 4.79 Å². The van der Waals surface area contributed by atoms with Gasteiger partial charge in [-0.2, -0.15) is 0 Å². The molecule has 1 saturated heterocycles. The molecule has 110 valence electrons. The highest BCUT2D eigenvalue weighted by molar-refractivity contribution is 5.76. The average molecular weight is 274 g/mol. The third-order valence-corrected chi connectivity index (χ3v) is 4.27. The molecule has 3 nitrogen and oxygen atoms in total. The zero-order chi connectivity index (χ0) is 14.4. The third-order valence-electron chi connectivity index (χ3n) is 4.27. The van der Waals surface area contributed by atoms with Crippen LogP contribution in [0.3, 0.4) is 0 Å². The Balaban J connectivity index is 1.74. The summed E-state index contributed by atoms with van der Waals surface area (Å²) >= 11 is 0. The van der Waals surface area contributed by atoms with Gasteiger partial charge in [0, 0.05) is 13.0 Å². The Bertz CT molecular complexity index is 438. The molecule has 1 aliphatic heterocycles. The summed E-state index contributed by atoms with van der Waals surface area (Å²) in [6, 6.07) is 8.29. The number of amides is 1. The second-order valence-corrected chi connectivity index (χ2v) is 6.03. The van der Waals surface area contributed by atoms with E-state index in [0.717, 1.165) is 13.1 Å². The monoisotopic (exact) mass is 274 g/mol. The van der Waals surface area contributed by atoms with Crippen molar-refractivity contribution in [2.45, 2.75) is 39.7 Å². The lowest BCUT2D eigenvalue weighted by molar-refractivity contribution is -0.122. The lowest BCUT2D eigenvalue weighted by atomic mass is 9.84. The zero-order valence-corrected chi connectivity index (χ0v) is 12.6. The van der Waals surface area contributed by atoms with Crippen LogP contribution in [0.2, 0.25) is 0 Å². The third kappa shape index (κ3) is 4.64. The smallest absolute Gasteiger partial charge is 0.220 e. The second-order valence-electron chi connectivity index (χ2n) is 6.03. The van der Waals surface area contributed by atoms with Gasteiger partial charge >= 0.3 is 0 Å². The van der Waals surface area contributed by atoms with Gasteiger partial charge in [-0.3, -0.25) is 4.79 Å². The van der Waals surface area contributed by atoms with Gasteiger partial charge in [-0.1, -0.05) is 36.8 Å². The molecule has 1 aromatic rings. The van der Waals surface area contributed by atoms with Gasteiger partial charge in [0.05, 0.1) is 0 Å². The normalized spacial score (nSPS) is 17.7. The Morgan fingerprint density at radius 1 is 1.40 bits per heavy atom. The molecule has 1 aromatic carbocycles. The maximum absolute atomic E-state index is 12.0. The first-order valence-electron chi connectivity index (χ1n) is 7.68. The van der Waals surface area contributed by atoms with Crippen molar-refractivity contribution in [3.63, 3.8) is 0 Å². The van der Waals surface area contributed by atoms with E-state index in [1.165, 1.54) is 24.0 Å². The Morgan fingerprint density at radius 2 is 2.15 bits per heavy atom. The molecule has 0 radical (unpaired) electrons. The fourth-order valence-electron chi connectivity index (χ4n) is 2.97. The minimum Gasteiger partial charge on any atom is -0.352 e. The van der Waals surface area contributed by atoms with E-state index in [0.29, 0.717) is 24.8 Å². The molecule has 3 heteroatoms. The summed E-state index contributed by atoms with van der Waals surface area (Å²) in [4.78, 5) is 12.0. The van der Waals surface area contributed by atoms with Gasteiger partial charge < -0.3 is 10.6 Å². The first-order chi connectivity index (χ1) is 9.65. The topological polar surface area (TPSA) is 41.1 Å². The molecule has 1 amide bonds. The van der Waals surface area contributed by atoms with E-state index in [1.807, 2.05) is 6.07 Å². The number of benzene rings is 1. The Kier molecular flexibility index (Phi) is 5.60. The number of rotatable bonds is 5. The minimum atomic E-state index is 0.178. The first-order valence-corrected chi connectivity index (χ1v) is 7.68. The van der Waals surface area contributed by atoms with Gasteiger partial charge in [-0.25, -0.2) is 0 Å². The van der Waals surface area contributed by atoms with E-state index >= 15 is 0 Å². The van der Waals surface area contributed by atoms with Gasteiger partial charge in [0.2, 0.25) is 5.91 Å². The van der Waals surface area contributed by atoms with Crippen LogP contribution >= 0.6 is 0 Å². The van der Waals surface area contributed by atoms with Crippen LogP contribution < -0.4 is 10.6 Å². The van der Waals surface area contributed by atoms with Crippen molar-refractivity contribution in [2.24, 2.45) is 11.8 Å². The summed E-state index contributed by atoms with van der Waals surface area (Å²) in [6.45, 7) is 7.12. The fraction of sp³-hybridized carbons (Fsp3) is 0.588. The van der Waals surface area contributed by atoms with E-state index in [1.54, 1.807) is 0 Å². The highest BCUT2D eigenvalue weighted by atomic mass is 16.1. The predicted octanol–water partition coefficient (Wildman–Crippen LogP) is 2.64. The number of carbonyl (C=O) groups excluding carboxylic acids is 1. The first kappa shape index (κ1) is 15.0. The highest BCUT2D eigenvalue weighted by Gasteiger charge is 2.21. The SMILES string of the molecule is Cc1cccc(CNC(=O)CC(C)C2CCNCC2)c1. The summed E-state index contributed by atoms with van der Waals surface area (Å²) in [5.41, 5.74) is 2.41. The van der Waals surface area contributed by atoms with Crippen molar-refractivity contribution in [3.05, 3.63) is 35.4 Å². The highest BCUT2D eigenvalue weighted by Crippen LogP contribution is 2.24. The summed E-state index contributed by atoms with van der Waals surface area (Å²) < 4.78 is 0. The Morgan fingerprint density at radius 3 is 2.85 bits per heavy atom. The van der Waals surface area contributed by atoms with Gasteiger partial charge in [-0.15, -0.1) is 0 Å². The van der Waals surface area contributed by atoms with Crippen molar-refractivity contribution in [2.75, 3.05) is 13.1 Å². The zero-order valence-electron chi connectivity index (χ0n) is 12.6. The summed E-state index contributed by atoms with van der Waals surface area (Å²) in [6.07, 6.45) is 3.05. The van der Waals surface area contributed by atoms with Crippen molar-refractivity contribution in [1.82, 2.24) is 10.6 Å². The molecule has 1 heterocycles. The quantitative estimate of drug-likeness (QED) is 0.866. The van der Waals surface area contributed by atoms with Gasteiger partial charge in [0.1, 0.15) is 0 Å². The molecule has 0 bridgehead atoms. The molecular weight excluding hydrogens is 248 g/mol. The summed E-state index contributed by atoms with van der Waals surface area (Å²) in [5, 5.41) is 6.42. The van der Waals surface area contributed by atoms with Gasteiger partial charge in [-0.05, 0) is 50.3 Å². The summed E-state index contributed by atoms with van der Waals surface area (Å²) in [5.74, 6) is 1.35. The molecule has 20 heavy (non-hydrogen) atoms. The van der Waals surface area contributed by atoms with Gasteiger partial charge in [0.25, 0.3) is 0 Å². The van der Waals surface area contributed by atoms with Crippen molar-refractivity contribution >= 4 is 5.91 Å². The number of hydrogen-bond acceptors (Lipinski definition) is 2. The van der Waals surface area contributed by atoms with Crippen LogP contribution in [0.1, 0.15) is 37.3 Å². The van der Waals surface area contributed by atoms with E-state index in [2.05, 4.69) is 42.7 Å². The Hall–Kier alpha value is -1.35. The van der Waals surface area contributed by atoms with Crippen LogP contribution in [0.5, 0.6) is 0 Å². The van der Waals surface area contributed by atoms with E-state index in [-0.39, 0.29) is 5.91 Å². The lowest BCUT2D eigenvalue weighted by Crippen LogP contribution is -2.33. The molecule has 0 aromatic heterocycles. The number of aryl methyl sites for hydroxylation is 1. The van der Waals surface area contributed by atoms with Crippen molar-refractivity contribution in [3.8, 4) is 0 Å². The number of nitrogens with one attached hydrogen (secondary N) is 2. The molecular formula is C17H26N2O. The Labute approximate surface area is 122 Å². The van der Waals surface area contributed by atoms with Crippen LogP contribution in [0, 0.1) is 18.8 Å². The molecule has 1 aliphatic rings. The van der Waals surface area contributed by atoms with Crippen molar-refractivity contribution in [1.29, 1.82) is 0 Å². The largest absolute Gasteiger partial charge is 0.352 e. The number of carbonyl (C=O) groups is 1. The van der Waals surface area contributed by atoms with Crippen LogP contribution in [0.4, 0.5) is 0 Å². The molecule has 2 N–H and O–H groups in total. The van der Waals surface area contributed by atoms with Gasteiger partial charge in [0.15, 0.2) is 0 Å². The molecule has 2 rings (SSSR count). The molecule has 0 spiro atoms. The molecule has 1 atom stereocenters.